The van der Waals surface area contributed by atoms with Crippen LogP contribution >= 0.6 is 0 Å². The molecule has 1 aromatic carbocycles. The zero-order valence-corrected chi connectivity index (χ0v) is 14.5. The Hall–Kier alpha value is -2.82. The number of hydrogen-bond donors (Lipinski definition) is 2. The SMILES string of the molecule is CNc1cc(C)nc([C@H]2CCN(C(=O)c3cc4ccccc4[nH]3)C2)c1. The molecule has 0 radical (unpaired) electrons. The molecule has 1 aliphatic rings. The molecule has 5 nitrogen and oxygen atoms in total. The molecule has 0 unspecified atom stereocenters. The highest BCUT2D eigenvalue weighted by Gasteiger charge is 2.29. The Bertz CT molecular complexity index is 897. The average molecular weight is 334 g/mol. The molecular formula is C20H22N4O. The third kappa shape index (κ3) is 2.97. The van der Waals surface area contributed by atoms with Crippen molar-refractivity contribution in [1.29, 1.82) is 0 Å². The van der Waals surface area contributed by atoms with E-state index in [9.17, 15) is 4.79 Å². The fraction of sp³-hybridized carbons (Fsp3) is 0.300. The number of fused-ring (bicyclic) bond motifs is 1. The lowest BCUT2D eigenvalue weighted by molar-refractivity contribution is 0.0786. The smallest absolute Gasteiger partial charge is 0.270 e. The van der Waals surface area contributed by atoms with Gasteiger partial charge in [-0.3, -0.25) is 9.78 Å². The van der Waals surface area contributed by atoms with Crippen LogP contribution in [-0.2, 0) is 0 Å². The van der Waals surface area contributed by atoms with E-state index in [0.29, 0.717) is 18.2 Å². The van der Waals surface area contributed by atoms with Crippen molar-refractivity contribution >= 4 is 22.5 Å². The maximum Gasteiger partial charge on any atom is 0.270 e. The molecule has 25 heavy (non-hydrogen) atoms. The summed E-state index contributed by atoms with van der Waals surface area (Å²) in [6, 6.07) is 14.0. The number of pyridine rings is 1. The lowest BCUT2D eigenvalue weighted by atomic mass is 10.0. The molecule has 1 saturated heterocycles. The van der Waals surface area contributed by atoms with Gasteiger partial charge in [0, 0.05) is 54.0 Å². The van der Waals surface area contributed by atoms with Gasteiger partial charge in [-0.25, -0.2) is 0 Å². The van der Waals surface area contributed by atoms with Crippen LogP contribution in [0, 0.1) is 6.92 Å². The number of aromatic amines is 1. The number of aromatic nitrogens is 2. The van der Waals surface area contributed by atoms with Crippen molar-refractivity contribution in [3.63, 3.8) is 0 Å². The second-order valence-corrected chi connectivity index (χ2v) is 6.68. The molecule has 2 N–H and O–H groups in total. The van der Waals surface area contributed by atoms with Gasteiger partial charge >= 0.3 is 0 Å². The fourth-order valence-corrected chi connectivity index (χ4v) is 3.59. The number of hydrogen-bond acceptors (Lipinski definition) is 3. The number of anilines is 1. The molecule has 4 rings (SSSR count). The number of para-hydroxylation sites is 1. The van der Waals surface area contributed by atoms with Gasteiger partial charge in [-0.1, -0.05) is 18.2 Å². The van der Waals surface area contributed by atoms with Crippen LogP contribution in [0.4, 0.5) is 5.69 Å². The van der Waals surface area contributed by atoms with Crippen molar-refractivity contribution in [3.05, 3.63) is 59.5 Å². The molecule has 128 valence electrons. The number of carbonyl (C=O) groups excluding carboxylic acids is 1. The number of amides is 1. The quantitative estimate of drug-likeness (QED) is 0.770. The van der Waals surface area contributed by atoms with Crippen molar-refractivity contribution in [2.24, 2.45) is 0 Å². The number of aryl methyl sites for hydroxylation is 1. The second-order valence-electron chi connectivity index (χ2n) is 6.68. The van der Waals surface area contributed by atoms with Crippen LogP contribution in [0.15, 0.2) is 42.5 Å². The predicted octanol–water partition coefficient (Wildman–Crippen LogP) is 3.54. The number of rotatable bonds is 3. The summed E-state index contributed by atoms with van der Waals surface area (Å²) in [4.78, 5) is 22.7. The Balaban J connectivity index is 1.53. The summed E-state index contributed by atoms with van der Waals surface area (Å²) in [5, 5.41) is 4.25. The lowest BCUT2D eigenvalue weighted by Gasteiger charge is -2.16. The molecular weight excluding hydrogens is 312 g/mol. The third-order valence-electron chi connectivity index (χ3n) is 4.92. The van der Waals surface area contributed by atoms with Crippen LogP contribution < -0.4 is 5.32 Å². The molecule has 1 amide bonds. The molecule has 0 bridgehead atoms. The van der Waals surface area contributed by atoms with Gasteiger partial charge in [0.1, 0.15) is 5.69 Å². The van der Waals surface area contributed by atoms with Crippen molar-refractivity contribution in [1.82, 2.24) is 14.9 Å². The van der Waals surface area contributed by atoms with E-state index in [4.69, 9.17) is 0 Å². The fourth-order valence-electron chi connectivity index (χ4n) is 3.59. The van der Waals surface area contributed by atoms with Gasteiger partial charge in [0.05, 0.1) is 0 Å². The van der Waals surface area contributed by atoms with Crippen molar-refractivity contribution in [2.45, 2.75) is 19.3 Å². The van der Waals surface area contributed by atoms with Gasteiger partial charge in [0.2, 0.25) is 0 Å². The second kappa shape index (κ2) is 6.24. The minimum atomic E-state index is 0.0696. The normalized spacial score (nSPS) is 17.2. The summed E-state index contributed by atoms with van der Waals surface area (Å²) in [7, 11) is 1.92. The molecule has 3 aromatic rings. The van der Waals surface area contributed by atoms with Gasteiger partial charge < -0.3 is 15.2 Å². The Morgan fingerprint density at radius 1 is 1.28 bits per heavy atom. The minimum absolute atomic E-state index is 0.0696. The summed E-state index contributed by atoms with van der Waals surface area (Å²) >= 11 is 0. The zero-order chi connectivity index (χ0) is 17.4. The van der Waals surface area contributed by atoms with Crippen LogP contribution in [0.5, 0.6) is 0 Å². The zero-order valence-electron chi connectivity index (χ0n) is 14.5. The van der Waals surface area contributed by atoms with Gasteiger partial charge in [0.15, 0.2) is 0 Å². The third-order valence-corrected chi connectivity index (χ3v) is 4.92. The van der Waals surface area contributed by atoms with Gasteiger partial charge in [-0.15, -0.1) is 0 Å². The van der Waals surface area contributed by atoms with Crippen molar-refractivity contribution < 1.29 is 4.79 Å². The summed E-state index contributed by atoms with van der Waals surface area (Å²) in [6.45, 7) is 3.49. The number of benzene rings is 1. The summed E-state index contributed by atoms with van der Waals surface area (Å²) in [5.74, 6) is 0.362. The first-order chi connectivity index (χ1) is 12.1. The highest BCUT2D eigenvalue weighted by atomic mass is 16.2. The molecule has 0 spiro atoms. The van der Waals surface area contributed by atoms with E-state index in [-0.39, 0.29) is 5.91 Å². The van der Waals surface area contributed by atoms with Crippen LogP contribution in [0.2, 0.25) is 0 Å². The first-order valence-electron chi connectivity index (χ1n) is 8.67. The van der Waals surface area contributed by atoms with E-state index in [1.165, 1.54) is 0 Å². The summed E-state index contributed by atoms with van der Waals surface area (Å²) in [5.41, 5.74) is 4.80. The number of nitrogens with one attached hydrogen (secondary N) is 2. The number of carbonyl (C=O) groups is 1. The Morgan fingerprint density at radius 3 is 2.92 bits per heavy atom. The minimum Gasteiger partial charge on any atom is -0.388 e. The molecule has 1 fully saturated rings. The molecule has 1 atom stereocenters. The van der Waals surface area contributed by atoms with Crippen molar-refractivity contribution in [3.8, 4) is 0 Å². The lowest BCUT2D eigenvalue weighted by Crippen LogP contribution is -2.28. The van der Waals surface area contributed by atoms with E-state index < -0.39 is 0 Å². The van der Waals surface area contributed by atoms with E-state index >= 15 is 0 Å². The van der Waals surface area contributed by atoms with E-state index in [0.717, 1.165) is 40.9 Å². The number of H-pyrrole nitrogens is 1. The van der Waals surface area contributed by atoms with Crippen LogP contribution in [0.3, 0.4) is 0 Å². The maximum absolute atomic E-state index is 12.8. The standard InChI is InChI=1S/C20H22N4O/c1-13-9-16(21-2)11-18(22-13)15-7-8-24(12-15)20(25)19-10-14-5-3-4-6-17(14)23-19/h3-6,9-11,15,23H,7-8,12H2,1-2H3,(H,21,22)/t15-/m0/s1. The monoisotopic (exact) mass is 334 g/mol. The largest absolute Gasteiger partial charge is 0.388 e. The van der Waals surface area contributed by atoms with E-state index in [2.05, 4.69) is 21.4 Å². The molecule has 3 heterocycles. The topological polar surface area (TPSA) is 61.0 Å². The van der Waals surface area contributed by atoms with Gasteiger partial charge in [-0.05, 0) is 37.6 Å². The summed E-state index contributed by atoms with van der Waals surface area (Å²) < 4.78 is 0. The molecule has 1 aliphatic heterocycles. The van der Waals surface area contributed by atoms with Crippen LogP contribution in [-0.4, -0.2) is 40.9 Å². The summed E-state index contributed by atoms with van der Waals surface area (Å²) in [6.07, 6.45) is 0.950. The van der Waals surface area contributed by atoms with Crippen LogP contribution in [0.25, 0.3) is 10.9 Å². The molecule has 5 heteroatoms. The molecule has 2 aromatic heterocycles. The van der Waals surface area contributed by atoms with Gasteiger partial charge in [-0.2, -0.15) is 0 Å². The first kappa shape index (κ1) is 15.7. The Morgan fingerprint density at radius 2 is 2.12 bits per heavy atom. The number of likely N-dealkylation sites (tertiary alicyclic amines) is 1. The van der Waals surface area contributed by atoms with Gasteiger partial charge in [0.25, 0.3) is 5.91 Å². The highest BCUT2D eigenvalue weighted by Crippen LogP contribution is 2.29. The first-order valence-corrected chi connectivity index (χ1v) is 8.67. The van der Waals surface area contributed by atoms with E-state index in [1.807, 2.05) is 55.3 Å². The average Bonchev–Trinajstić information content (AvgIpc) is 3.27. The van der Waals surface area contributed by atoms with E-state index in [1.54, 1.807) is 0 Å². The highest BCUT2D eigenvalue weighted by molar-refractivity contribution is 5.98. The predicted molar refractivity (Wildman–Crippen MR) is 100 cm³/mol. The van der Waals surface area contributed by atoms with Crippen molar-refractivity contribution in [2.75, 3.05) is 25.5 Å². The molecule has 0 aliphatic carbocycles. The maximum atomic E-state index is 12.8. The molecule has 0 saturated carbocycles. The number of nitrogens with zero attached hydrogens (tertiary/aromatic N) is 2. The Labute approximate surface area is 147 Å². The Kier molecular flexibility index (Phi) is 3.92. The van der Waals surface area contributed by atoms with Crippen LogP contribution in [0.1, 0.15) is 34.2 Å².